The predicted octanol–water partition coefficient (Wildman–Crippen LogP) is 1.51. The number of nitrogens with one attached hydrogen (secondary N) is 2. The first-order valence-electron chi connectivity index (χ1n) is 5.86. The average molecular weight is 255 g/mol. The summed E-state index contributed by atoms with van der Waals surface area (Å²) in [5, 5.41) is 6.10. The van der Waals surface area contributed by atoms with Gasteiger partial charge in [0, 0.05) is 19.6 Å². The van der Waals surface area contributed by atoms with Gasteiger partial charge in [0.25, 0.3) is 0 Å². The number of amides is 1. The first-order valence-corrected chi connectivity index (χ1v) is 5.86. The van der Waals surface area contributed by atoms with Gasteiger partial charge in [-0.2, -0.15) is 0 Å². The Bertz CT molecular complexity index is 377. The fourth-order valence-corrected chi connectivity index (χ4v) is 1.88. The van der Waals surface area contributed by atoms with E-state index in [1.165, 1.54) is 11.1 Å². The van der Waals surface area contributed by atoms with Crippen molar-refractivity contribution < 1.29 is 4.79 Å². The largest absolute Gasteiger partial charge is 0.352 e. The van der Waals surface area contributed by atoms with Gasteiger partial charge in [-0.15, -0.1) is 12.4 Å². The van der Waals surface area contributed by atoms with Crippen LogP contribution >= 0.6 is 12.4 Å². The predicted molar refractivity (Wildman–Crippen MR) is 71.3 cm³/mol. The molecule has 0 radical (unpaired) electrons. The molecule has 3 nitrogen and oxygen atoms in total. The van der Waals surface area contributed by atoms with Crippen LogP contribution < -0.4 is 10.6 Å². The van der Waals surface area contributed by atoms with Gasteiger partial charge < -0.3 is 10.6 Å². The maximum atomic E-state index is 11.6. The fourth-order valence-electron chi connectivity index (χ4n) is 1.88. The summed E-state index contributed by atoms with van der Waals surface area (Å²) in [4.78, 5) is 11.6. The van der Waals surface area contributed by atoms with E-state index in [1.807, 2.05) is 12.1 Å². The van der Waals surface area contributed by atoms with Crippen LogP contribution in [0, 0.1) is 5.92 Å². The summed E-state index contributed by atoms with van der Waals surface area (Å²) in [6, 6.07) is 8.26. The third-order valence-corrected chi connectivity index (χ3v) is 3.10. The second-order valence-electron chi connectivity index (χ2n) is 4.20. The van der Waals surface area contributed by atoms with Crippen LogP contribution in [0.5, 0.6) is 0 Å². The molecule has 1 aromatic rings. The summed E-state index contributed by atoms with van der Waals surface area (Å²) in [5.41, 5.74) is 2.54. The van der Waals surface area contributed by atoms with Crippen molar-refractivity contribution in [1.82, 2.24) is 10.6 Å². The number of carbonyl (C=O) groups is 1. The Kier molecular flexibility index (Phi) is 5.45. The van der Waals surface area contributed by atoms with E-state index < -0.39 is 0 Å². The highest BCUT2D eigenvalue weighted by atomic mass is 35.5. The number of rotatable bonds is 4. The summed E-state index contributed by atoms with van der Waals surface area (Å²) in [7, 11) is 0. The molecule has 4 heteroatoms. The molecule has 0 atom stereocenters. The van der Waals surface area contributed by atoms with Crippen molar-refractivity contribution in [1.29, 1.82) is 0 Å². The summed E-state index contributed by atoms with van der Waals surface area (Å²) < 4.78 is 0. The first kappa shape index (κ1) is 14.0. The van der Waals surface area contributed by atoms with Crippen molar-refractivity contribution in [3.63, 3.8) is 0 Å². The lowest BCUT2D eigenvalue weighted by molar-refractivity contribution is -0.126. The van der Waals surface area contributed by atoms with Crippen LogP contribution in [0.1, 0.15) is 18.1 Å². The second kappa shape index (κ2) is 6.62. The molecule has 1 heterocycles. The molecule has 94 valence electrons. The van der Waals surface area contributed by atoms with Crippen molar-refractivity contribution in [2.75, 3.05) is 13.1 Å². The molecule has 1 amide bonds. The normalized spacial score (nSPS) is 14.6. The SMILES string of the molecule is CCc1ccccc1CNC(=O)C1CNC1.Cl. The Morgan fingerprint density at radius 1 is 1.35 bits per heavy atom. The fraction of sp³-hybridized carbons (Fsp3) is 0.462. The highest BCUT2D eigenvalue weighted by Gasteiger charge is 2.24. The standard InChI is InChI=1S/C13H18N2O.ClH/c1-2-10-5-3-4-6-11(10)9-15-13(16)12-7-14-8-12;/h3-6,12,14H,2,7-9H2,1H3,(H,15,16);1H. The van der Waals surface area contributed by atoms with Crippen LogP contribution in [0.2, 0.25) is 0 Å². The second-order valence-corrected chi connectivity index (χ2v) is 4.20. The van der Waals surface area contributed by atoms with E-state index in [0.29, 0.717) is 6.54 Å². The smallest absolute Gasteiger partial charge is 0.225 e. The molecule has 0 unspecified atom stereocenters. The Morgan fingerprint density at radius 3 is 2.53 bits per heavy atom. The van der Waals surface area contributed by atoms with E-state index in [1.54, 1.807) is 0 Å². The van der Waals surface area contributed by atoms with E-state index in [0.717, 1.165) is 19.5 Å². The molecule has 0 spiro atoms. The van der Waals surface area contributed by atoms with Crippen molar-refractivity contribution in [3.05, 3.63) is 35.4 Å². The molecule has 1 aromatic carbocycles. The Hall–Kier alpha value is -1.06. The third kappa shape index (κ3) is 3.45. The Labute approximate surface area is 108 Å². The summed E-state index contributed by atoms with van der Waals surface area (Å²) >= 11 is 0. The zero-order valence-electron chi connectivity index (χ0n) is 10.0. The number of halogens is 1. The average Bonchev–Trinajstić information content (AvgIpc) is 2.24. The first-order chi connectivity index (χ1) is 7.81. The van der Waals surface area contributed by atoms with Crippen LogP contribution in [-0.4, -0.2) is 19.0 Å². The van der Waals surface area contributed by atoms with Gasteiger partial charge in [-0.1, -0.05) is 31.2 Å². The lowest BCUT2D eigenvalue weighted by Crippen LogP contribution is -2.50. The van der Waals surface area contributed by atoms with Crippen molar-refractivity contribution >= 4 is 18.3 Å². The number of carbonyl (C=O) groups excluding carboxylic acids is 1. The quantitative estimate of drug-likeness (QED) is 0.855. The van der Waals surface area contributed by atoms with E-state index >= 15 is 0 Å². The van der Waals surface area contributed by atoms with Crippen molar-refractivity contribution in [3.8, 4) is 0 Å². The molecule has 2 N–H and O–H groups in total. The molecule has 1 fully saturated rings. The molecule has 1 aliphatic rings. The van der Waals surface area contributed by atoms with Gasteiger partial charge >= 0.3 is 0 Å². The minimum atomic E-state index is 0. The van der Waals surface area contributed by atoms with Gasteiger partial charge in [-0.25, -0.2) is 0 Å². The molecule has 17 heavy (non-hydrogen) atoms. The van der Waals surface area contributed by atoms with Gasteiger partial charge in [0.05, 0.1) is 5.92 Å². The number of benzene rings is 1. The van der Waals surface area contributed by atoms with E-state index in [4.69, 9.17) is 0 Å². The van der Waals surface area contributed by atoms with Gasteiger partial charge in [-0.3, -0.25) is 4.79 Å². The van der Waals surface area contributed by atoms with Crippen LogP contribution in [0.25, 0.3) is 0 Å². The third-order valence-electron chi connectivity index (χ3n) is 3.10. The van der Waals surface area contributed by atoms with Crippen molar-refractivity contribution in [2.24, 2.45) is 5.92 Å². The summed E-state index contributed by atoms with van der Waals surface area (Å²) in [6.07, 6.45) is 1.01. The van der Waals surface area contributed by atoms with Crippen LogP contribution in [0.3, 0.4) is 0 Å². The topological polar surface area (TPSA) is 41.1 Å². The molecule has 0 aliphatic carbocycles. The molecular formula is C13H19ClN2O. The zero-order chi connectivity index (χ0) is 11.4. The molecule has 0 saturated carbocycles. The lowest BCUT2D eigenvalue weighted by Gasteiger charge is -2.25. The van der Waals surface area contributed by atoms with Crippen LogP contribution in [0.15, 0.2) is 24.3 Å². The summed E-state index contributed by atoms with van der Waals surface area (Å²) in [6.45, 7) is 4.43. The molecule has 0 bridgehead atoms. The van der Waals surface area contributed by atoms with E-state index in [-0.39, 0.29) is 24.2 Å². The maximum Gasteiger partial charge on any atom is 0.225 e. The summed E-state index contributed by atoms with van der Waals surface area (Å²) in [5.74, 6) is 0.346. The number of hydrogen-bond donors (Lipinski definition) is 2. The van der Waals surface area contributed by atoms with Crippen LogP contribution in [0.4, 0.5) is 0 Å². The number of hydrogen-bond acceptors (Lipinski definition) is 2. The molecular weight excluding hydrogens is 236 g/mol. The maximum absolute atomic E-state index is 11.6. The monoisotopic (exact) mass is 254 g/mol. The zero-order valence-corrected chi connectivity index (χ0v) is 10.8. The van der Waals surface area contributed by atoms with Gasteiger partial charge in [0.1, 0.15) is 0 Å². The van der Waals surface area contributed by atoms with Crippen molar-refractivity contribution in [2.45, 2.75) is 19.9 Å². The van der Waals surface area contributed by atoms with Crippen LogP contribution in [-0.2, 0) is 17.8 Å². The lowest BCUT2D eigenvalue weighted by atomic mass is 10.0. The van der Waals surface area contributed by atoms with Gasteiger partial charge in [0.2, 0.25) is 5.91 Å². The minimum absolute atomic E-state index is 0. The molecule has 2 rings (SSSR count). The molecule has 1 aliphatic heterocycles. The number of aryl methyl sites for hydroxylation is 1. The Morgan fingerprint density at radius 2 is 2.00 bits per heavy atom. The van der Waals surface area contributed by atoms with E-state index in [2.05, 4.69) is 29.7 Å². The van der Waals surface area contributed by atoms with Gasteiger partial charge in [-0.05, 0) is 17.5 Å². The highest BCUT2D eigenvalue weighted by molar-refractivity contribution is 5.85. The Balaban J connectivity index is 0.00000144. The highest BCUT2D eigenvalue weighted by Crippen LogP contribution is 2.10. The van der Waals surface area contributed by atoms with Gasteiger partial charge in [0.15, 0.2) is 0 Å². The molecule has 1 saturated heterocycles. The molecule has 0 aromatic heterocycles. The minimum Gasteiger partial charge on any atom is -0.352 e. The van der Waals surface area contributed by atoms with E-state index in [9.17, 15) is 4.79 Å².